The standard InChI is InChI=1S/C12H21NO/c14-12(5-3-10-1-2-10)6-8-13-7-4-11(12)9-13/h10-11,14H,1-9H2. The third-order valence-corrected chi connectivity index (χ3v) is 4.58. The van der Waals surface area contributed by atoms with Crippen molar-refractivity contribution < 1.29 is 5.11 Å². The molecule has 3 atom stereocenters. The Morgan fingerprint density at radius 1 is 1.21 bits per heavy atom. The van der Waals surface area contributed by atoms with Crippen LogP contribution in [-0.4, -0.2) is 35.2 Å². The van der Waals surface area contributed by atoms with Gasteiger partial charge in [0, 0.05) is 19.0 Å². The maximum absolute atomic E-state index is 10.6. The molecule has 0 aromatic carbocycles. The van der Waals surface area contributed by atoms with Crippen molar-refractivity contribution in [2.45, 2.75) is 44.1 Å². The van der Waals surface area contributed by atoms with Crippen molar-refractivity contribution in [1.29, 1.82) is 0 Å². The van der Waals surface area contributed by atoms with Crippen LogP contribution in [-0.2, 0) is 0 Å². The van der Waals surface area contributed by atoms with Gasteiger partial charge in [0.15, 0.2) is 0 Å². The Hall–Kier alpha value is -0.0800. The molecule has 0 amide bonds. The van der Waals surface area contributed by atoms with Crippen LogP contribution in [0.1, 0.15) is 38.5 Å². The molecule has 0 spiro atoms. The third-order valence-electron chi connectivity index (χ3n) is 4.58. The molecule has 14 heavy (non-hydrogen) atoms. The maximum atomic E-state index is 10.6. The van der Waals surface area contributed by atoms with Crippen molar-refractivity contribution in [2.75, 3.05) is 19.6 Å². The molecule has 1 N–H and O–H groups in total. The third kappa shape index (κ3) is 1.59. The molecular formula is C12H21NO. The van der Waals surface area contributed by atoms with Gasteiger partial charge >= 0.3 is 0 Å². The number of piperidine rings is 1. The zero-order valence-electron chi connectivity index (χ0n) is 8.91. The lowest BCUT2D eigenvalue weighted by Gasteiger charge is -2.39. The van der Waals surface area contributed by atoms with Crippen LogP contribution >= 0.6 is 0 Å². The van der Waals surface area contributed by atoms with Crippen molar-refractivity contribution in [1.82, 2.24) is 4.90 Å². The van der Waals surface area contributed by atoms with Gasteiger partial charge in [0.2, 0.25) is 0 Å². The SMILES string of the molecule is OC1(CCC2CC2)CCN2CCC1C2. The summed E-state index contributed by atoms with van der Waals surface area (Å²) in [5.74, 6) is 1.56. The van der Waals surface area contributed by atoms with Gasteiger partial charge in [0.1, 0.15) is 0 Å². The maximum Gasteiger partial charge on any atom is 0.0700 e. The second-order valence-corrected chi connectivity index (χ2v) is 5.62. The normalized spacial score (nSPS) is 46.9. The average molecular weight is 195 g/mol. The summed E-state index contributed by atoms with van der Waals surface area (Å²) in [4.78, 5) is 2.51. The van der Waals surface area contributed by atoms with Crippen molar-refractivity contribution in [2.24, 2.45) is 11.8 Å². The molecule has 3 unspecified atom stereocenters. The first-order valence-corrected chi connectivity index (χ1v) is 6.21. The first-order chi connectivity index (χ1) is 6.76. The second-order valence-electron chi connectivity index (χ2n) is 5.62. The lowest BCUT2D eigenvalue weighted by molar-refractivity contribution is -0.0531. The highest BCUT2D eigenvalue weighted by Crippen LogP contribution is 2.42. The lowest BCUT2D eigenvalue weighted by Crippen LogP contribution is -2.46. The van der Waals surface area contributed by atoms with Crippen LogP contribution in [0, 0.1) is 11.8 Å². The Morgan fingerprint density at radius 2 is 2.07 bits per heavy atom. The fourth-order valence-electron chi connectivity index (χ4n) is 3.22. The zero-order chi connectivity index (χ0) is 9.60. The summed E-state index contributed by atoms with van der Waals surface area (Å²) in [6.45, 7) is 3.54. The summed E-state index contributed by atoms with van der Waals surface area (Å²) < 4.78 is 0. The van der Waals surface area contributed by atoms with Gasteiger partial charge in [-0.2, -0.15) is 0 Å². The van der Waals surface area contributed by atoms with Gasteiger partial charge in [0.25, 0.3) is 0 Å². The van der Waals surface area contributed by atoms with E-state index < -0.39 is 0 Å². The molecule has 2 saturated heterocycles. The fourth-order valence-corrected chi connectivity index (χ4v) is 3.22. The summed E-state index contributed by atoms with van der Waals surface area (Å²) in [7, 11) is 0. The molecule has 80 valence electrons. The van der Waals surface area contributed by atoms with Crippen LogP contribution < -0.4 is 0 Å². The molecule has 1 aliphatic carbocycles. The summed E-state index contributed by atoms with van der Waals surface area (Å²) in [6.07, 6.45) is 7.48. The molecule has 0 radical (unpaired) electrons. The quantitative estimate of drug-likeness (QED) is 0.740. The van der Waals surface area contributed by atoms with Crippen molar-refractivity contribution in [3.05, 3.63) is 0 Å². The van der Waals surface area contributed by atoms with Gasteiger partial charge in [-0.05, 0) is 38.1 Å². The number of rotatable bonds is 3. The van der Waals surface area contributed by atoms with Crippen LogP contribution in [0.15, 0.2) is 0 Å². The molecule has 3 fully saturated rings. The number of aliphatic hydroxyl groups is 1. The van der Waals surface area contributed by atoms with E-state index in [1.807, 2.05) is 0 Å². The van der Waals surface area contributed by atoms with E-state index in [0.717, 1.165) is 25.3 Å². The Labute approximate surface area is 86.3 Å². The second kappa shape index (κ2) is 3.21. The number of hydrogen-bond donors (Lipinski definition) is 1. The van der Waals surface area contributed by atoms with E-state index in [1.54, 1.807) is 0 Å². The smallest absolute Gasteiger partial charge is 0.0700 e. The minimum absolute atomic E-state index is 0.282. The molecule has 2 bridgehead atoms. The van der Waals surface area contributed by atoms with Crippen LogP contribution in [0.4, 0.5) is 0 Å². The van der Waals surface area contributed by atoms with E-state index in [-0.39, 0.29) is 5.60 Å². The van der Waals surface area contributed by atoms with E-state index in [2.05, 4.69) is 4.90 Å². The molecule has 2 heteroatoms. The molecule has 0 aromatic rings. The van der Waals surface area contributed by atoms with Gasteiger partial charge in [-0.15, -0.1) is 0 Å². The summed E-state index contributed by atoms with van der Waals surface area (Å²) >= 11 is 0. The molecule has 3 rings (SSSR count). The van der Waals surface area contributed by atoms with Gasteiger partial charge in [0.05, 0.1) is 5.60 Å². The zero-order valence-corrected chi connectivity index (χ0v) is 8.91. The highest BCUT2D eigenvalue weighted by Gasteiger charge is 2.44. The minimum Gasteiger partial charge on any atom is -0.390 e. The van der Waals surface area contributed by atoms with Gasteiger partial charge in [-0.3, -0.25) is 0 Å². The van der Waals surface area contributed by atoms with Crippen LogP contribution in [0.3, 0.4) is 0 Å². The Bertz CT molecular complexity index is 226. The average Bonchev–Trinajstić information content (AvgIpc) is 2.91. The molecule has 2 heterocycles. The number of nitrogens with zero attached hydrogens (tertiary/aromatic N) is 1. The molecule has 3 aliphatic rings. The number of hydrogen-bond acceptors (Lipinski definition) is 2. The van der Waals surface area contributed by atoms with Crippen molar-refractivity contribution in [3.8, 4) is 0 Å². The van der Waals surface area contributed by atoms with E-state index in [0.29, 0.717) is 5.92 Å². The highest BCUT2D eigenvalue weighted by molar-refractivity contribution is 4.98. The monoisotopic (exact) mass is 195 g/mol. The van der Waals surface area contributed by atoms with E-state index in [9.17, 15) is 5.11 Å². The van der Waals surface area contributed by atoms with Crippen LogP contribution in [0.25, 0.3) is 0 Å². The first-order valence-electron chi connectivity index (χ1n) is 6.21. The predicted octanol–water partition coefficient (Wildman–Crippen LogP) is 1.63. The van der Waals surface area contributed by atoms with E-state index >= 15 is 0 Å². The summed E-state index contributed by atoms with van der Waals surface area (Å²) in [5.41, 5.74) is -0.282. The Kier molecular flexibility index (Phi) is 2.10. The van der Waals surface area contributed by atoms with Crippen LogP contribution in [0.2, 0.25) is 0 Å². The lowest BCUT2D eigenvalue weighted by atomic mass is 9.78. The molecule has 2 aliphatic heterocycles. The summed E-state index contributed by atoms with van der Waals surface area (Å²) in [6, 6.07) is 0. The van der Waals surface area contributed by atoms with Gasteiger partial charge in [-0.25, -0.2) is 0 Å². The van der Waals surface area contributed by atoms with Crippen molar-refractivity contribution >= 4 is 0 Å². The molecule has 2 nitrogen and oxygen atoms in total. The largest absolute Gasteiger partial charge is 0.390 e. The molecule has 1 saturated carbocycles. The number of fused-ring (bicyclic) bond motifs is 2. The Morgan fingerprint density at radius 3 is 2.86 bits per heavy atom. The fraction of sp³-hybridized carbons (Fsp3) is 1.00. The first kappa shape index (κ1) is 9.17. The van der Waals surface area contributed by atoms with Crippen LogP contribution in [0.5, 0.6) is 0 Å². The minimum atomic E-state index is -0.282. The van der Waals surface area contributed by atoms with Gasteiger partial charge < -0.3 is 10.0 Å². The van der Waals surface area contributed by atoms with Gasteiger partial charge in [-0.1, -0.05) is 12.8 Å². The summed E-state index contributed by atoms with van der Waals surface area (Å²) in [5, 5.41) is 10.6. The van der Waals surface area contributed by atoms with E-state index in [4.69, 9.17) is 0 Å². The van der Waals surface area contributed by atoms with E-state index in [1.165, 1.54) is 38.8 Å². The topological polar surface area (TPSA) is 23.5 Å². The Balaban J connectivity index is 1.61. The predicted molar refractivity (Wildman–Crippen MR) is 56.1 cm³/mol. The van der Waals surface area contributed by atoms with Crippen molar-refractivity contribution in [3.63, 3.8) is 0 Å². The highest BCUT2D eigenvalue weighted by atomic mass is 16.3. The molecular weight excluding hydrogens is 174 g/mol. The molecule has 0 aromatic heterocycles.